The maximum Gasteiger partial charge on any atom is 0.425 e. The Kier molecular flexibility index (Phi) is 6.53. The summed E-state index contributed by atoms with van der Waals surface area (Å²) in [4.78, 5) is 35.2. The number of unbranched alkanes of at least 4 members (excludes halogenated alkanes) is 6. The summed E-state index contributed by atoms with van der Waals surface area (Å²) in [6, 6.07) is -0.774. The maximum absolute atomic E-state index is 11.8. The van der Waals surface area contributed by atoms with E-state index in [-0.39, 0.29) is 5.91 Å². The molecule has 1 aliphatic rings. The molecule has 0 bridgehead atoms. The van der Waals surface area contributed by atoms with Gasteiger partial charge in [-0.15, -0.1) is 0 Å². The van der Waals surface area contributed by atoms with Gasteiger partial charge in [0.25, 0.3) is 0 Å². The minimum atomic E-state index is -0.828. The molecule has 1 fully saturated rings. The smallest absolute Gasteiger partial charge is 0.374 e. The third-order valence-electron chi connectivity index (χ3n) is 3.38. The summed E-state index contributed by atoms with van der Waals surface area (Å²) in [5.74, 6) is -0.949. The zero-order chi connectivity index (χ0) is 14.3. The van der Waals surface area contributed by atoms with Gasteiger partial charge in [-0.25, -0.2) is 14.5 Å². The summed E-state index contributed by atoms with van der Waals surface area (Å²) in [7, 11) is 0. The van der Waals surface area contributed by atoms with Crippen molar-refractivity contribution in [3.8, 4) is 0 Å². The molecule has 1 atom stereocenters. The first kappa shape index (κ1) is 15.7. The molecule has 5 nitrogen and oxygen atoms in total. The Balaban J connectivity index is 2.17. The van der Waals surface area contributed by atoms with Crippen molar-refractivity contribution < 1.29 is 19.1 Å². The van der Waals surface area contributed by atoms with Crippen molar-refractivity contribution in [1.82, 2.24) is 4.90 Å². The molecule has 0 N–H and O–H groups in total. The van der Waals surface area contributed by atoms with E-state index in [0.717, 1.165) is 24.2 Å². The maximum atomic E-state index is 11.8. The average Bonchev–Trinajstić information content (AvgIpc) is 2.62. The van der Waals surface area contributed by atoms with Crippen molar-refractivity contribution in [3.05, 3.63) is 0 Å². The van der Waals surface area contributed by atoms with Crippen molar-refractivity contribution in [1.29, 1.82) is 0 Å². The minimum absolute atomic E-state index is 0.306. The number of nitrogens with zero attached hydrogens (tertiary/aromatic N) is 1. The lowest BCUT2D eigenvalue weighted by molar-refractivity contribution is -0.137. The molecule has 19 heavy (non-hydrogen) atoms. The van der Waals surface area contributed by atoms with E-state index in [4.69, 9.17) is 0 Å². The van der Waals surface area contributed by atoms with Crippen LogP contribution in [0.2, 0.25) is 0 Å². The minimum Gasteiger partial charge on any atom is -0.374 e. The second kappa shape index (κ2) is 7.92. The monoisotopic (exact) mass is 269 g/mol. The largest absolute Gasteiger partial charge is 0.425 e. The van der Waals surface area contributed by atoms with Gasteiger partial charge in [0.05, 0.1) is 0 Å². The van der Waals surface area contributed by atoms with Gasteiger partial charge in [-0.1, -0.05) is 45.4 Å². The van der Waals surface area contributed by atoms with Crippen LogP contribution in [-0.4, -0.2) is 28.9 Å². The van der Waals surface area contributed by atoms with Crippen LogP contribution in [0.4, 0.5) is 4.79 Å². The summed E-state index contributed by atoms with van der Waals surface area (Å²) < 4.78 is 4.41. The van der Waals surface area contributed by atoms with Gasteiger partial charge >= 0.3 is 12.1 Å². The number of carbonyl (C=O) groups is 3. The fraction of sp³-hybridized carbons (Fsp3) is 0.786. The molecule has 0 aromatic rings. The van der Waals surface area contributed by atoms with E-state index in [1.165, 1.54) is 32.6 Å². The SMILES string of the molecule is CCCCCCCCCC(=O)N1C(=O)OC(=O)[C@@H]1C. The molecule has 1 saturated heterocycles. The molecule has 108 valence electrons. The quantitative estimate of drug-likeness (QED) is 0.386. The average molecular weight is 269 g/mol. The van der Waals surface area contributed by atoms with Crippen molar-refractivity contribution in [2.24, 2.45) is 0 Å². The molecule has 1 heterocycles. The first-order valence-electron chi connectivity index (χ1n) is 7.15. The van der Waals surface area contributed by atoms with E-state index < -0.39 is 18.1 Å². The van der Waals surface area contributed by atoms with Crippen molar-refractivity contribution in [2.45, 2.75) is 71.3 Å². The number of hydrogen-bond donors (Lipinski definition) is 0. The normalized spacial score (nSPS) is 18.8. The molecule has 0 aromatic heterocycles. The number of cyclic esters (lactones) is 2. The second-order valence-electron chi connectivity index (χ2n) is 5.00. The lowest BCUT2D eigenvalue weighted by Gasteiger charge is -2.14. The van der Waals surface area contributed by atoms with Gasteiger partial charge in [-0.3, -0.25) is 4.79 Å². The Morgan fingerprint density at radius 1 is 1.11 bits per heavy atom. The first-order chi connectivity index (χ1) is 9.07. The summed E-state index contributed by atoms with van der Waals surface area (Å²) in [5.41, 5.74) is 0. The van der Waals surface area contributed by atoms with Crippen LogP contribution in [0.15, 0.2) is 0 Å². The van der Waals surface area contributed by atoms with Crippen LogP contribution < -0.4 is 0 Å². The molecule has 0 saturated carbocycles. The fourth-order valence-corrected chi connectivity index (χ4v) is 2.16. The molecule has 1 rings (SSSR count). The number of ether oxygens (including phenoxy) is 1. The Morgan fingerprint density at radius 3 is 2.21 bits per heavy atom. The van der Waals surface area contributed by atoms with Gasteiger partial charge in [0, 0.05) is 6.42 Å². The zero-order valence-electron chi connectivity index (χ0n) is 11.8. The van der Waals surface area contributed by atoms with Crippen molar-refractivity contribution >= 4 is 18.0 Å². The summed E-state index contributed by atoms with van der Waals surface area (Å²) >= 11 is 0. The number of amides is 2. The van der Waals surface area contributed by atoms with E-state index in [1.807, 2.05) is 0 Å². The summed E-state index contributed by atoms with van der Waals surface area (Å²) in [5, 5.41) is 0. The van der Waals surface area contributed by atoms with E-state index in [1.54, 1.807) is 0 Å². The van der Waals surface area contributed by atoms with Crippen LogP contribution >= 0.6 is 0 Å². The zero-order valence-corrected chi connectivity index (χ0v) is 11.8. The van der Waals surface area contributed by atoms with Gasteiger partial charge in [0.15, 0.2) is 0 Å². The molecule has 0 unspecified atom stereocenters. The van der Waals surface area contributed by atoms with Gasteiger partial charge in [0.2, 0.25) is 5.91 Å². The standard InChI is InChI=1S/C14H23NO4/c1-3-4-5-6-7-8-9-10-12(16)15-11(2)13(17)19-14(15)18/h11H,3-10H2,1-2H3/t11-/m0/s1. The summed E-state index contributed by atoms with van der Waals surface area (Å²) in [6.07, 6.45) is 7.27. The van der Waals surface area contributed by atoms with Crippen LogP contribution in [-0.2, 0) is 14.3 Å². The van der Waals surface area contributed by atoms with E-state index in [9.17, 15) is 14.4 Å². The molecule has 0 radical (unpaired) electrons. The molecule has 1 aliphatic heterocycles. The molecule has 2 amide bonds. The van der Waals surface area contributed by atoms with Gasteiger partial charge in [0.1, 0.15) is 6.04 Å². The van der Waals surface area contributed by atoms with Gasteiger partial charge in [-0.05, 0) is 13.3 Å². The van der Waals surface area contributed by atoms with E-state index >= 15 is 0 Å². The lowest BCUT2D eigenvalue weighted by atomic mass is 10.1. The Morgan fingerprint density at radius 2 is 1.68 bits per heavy atom. The molecule has 5 heteroatoms. The second-order valence-corrected chi connectivity index (χ2v) is 5.00. The lowest BCUT2D eigenvalue weighted by Crippen LogP contribution is -2.38. The van der Waals surface area contributed by atoms with Gasteiger partial charge in [-0.2, -0.15) is 0 Å². The number of hydrogen-bond acceptors (Lipinski definition) is 4. The molecular formula is C14H23NO4. The molecular weight excluding hydrogens is 246 g/mol. The molecule has 0 aliphatic carbocycles. The Labute approximate surface area is 114 Å². The highest BCUT2D eigenvalue weighted by atomic mass is 16.6. The topological polar surface area (TPSA) is 63.7 Å². The number of imide groups is 1. The third kappa shape index (κ3) is 4.65. The highest BCUT2D eigenvalue weighted by molar-refractivity contribution is 6.05. The predicted octanol–water partition coefficient (Wildman–Crippen LogP) is 3.02. The highest BCUT2D eigenvalue weighted by Crippen LogP contribution is 2.16. The first-order valence-corrected chi connectivity index (χ1v) is 7.15. The fourth-order valence-electron chi connectivity index (χ4n) is 2.16. The summed E-state index contributed by atoms with van der Waals surface area (Å²) in [6.45, 7) is 3.69. The van der Waals surface area contributed by atoms with Crippen LogP contribution in [0.3, 0.4) is 0 Å². The Hall–Kier alpha value is -1.39. The Bertz CT molecular complexity index is 340. The highest BCUT2D eigenvalue weighted by Gasteiger charge is 2.41. The van der Waals surface area contributed by atoms with Gasteiger partial charge < -0.3 is 4.74 Å². The number of esters is 1. The van der Waals surface area contributed by atoms with Crippen LogP contribution in [0.25, 0.3) is 0 Å². The van der Waals surface area contributed by atoms with Crippen LogP contribution in [0, 0.1) is 0 Å². The number of carbonyl (C=O) groups excluding carboxylic acids is 3. The van der Waals surface area contributed by atoms with Crippen molar-refractivity contribution in [2.75, 3.05) is 0 Å². The molecule has 0 aromatic carbocycles. The molecule has 0 spiro atoms. The predicted molar refractivity (Wildman–Crippen MR) is 70.4 cm³/mol. The van der Waals surface area contributed by atoms with Crippen molar-refractivity contribution in [3.63, 3.8) is 0 Å². The van der Waals surface area contributed by atoms with Crippen LogP contribution in [0.5, 0.6) is 0 Å². The van der Waals surface area contributed by atoms with E-state index in [2.05, 4.69) is 11.7 Å². The number of rotatable bonds is 8. The van der Waals surface area contributed by atoms with Crippen LogP contribution in [0.1, 0.15) is 65.2 Å². The van der Waals surface area contributed by atoms with E-state index in [0.29, 0.717) is 6.42 Å². The third-order valence-corrected chi connectivity index (χ3v) is 3.38.